The Balaban J connectivity index is 1.92. The Labute approximate surface area is 129 Å². The molecule has 1 amide bonds. The molecule has 0 spiro atoms. The summed E-state index contributed by atoms with van der Waals surface area (Å²) >= 11 is 0. The van der Waals surface area contributed by atoms with Crippen LogP contribution in [-0.4, -0.2) is 35.6 Å². The molecule has 0 aliphatic heterocycles. The first-order valence-corrected chi connectivity index (χ1v) is 7.10. The third-order valence-corrected chi connectivity index (χ3v) is 3.16. The van der Waals surface area contributed by atoms with E-state index in [0.29, 0.717) is 18.8 Å². The van der Waals surface area contributed by atoms with E-state index in [1.807, 2.05) is 35.2 Å². The molecule has 2 rings (SSSR count). The second-order valence-electron chi connectivity index (χ2n) is 4.97. The molecule has 0 bridgehead atoms. The molecule has 0 radical (unpaired) electrons. The van der Waals surface area contributed by atoms with Crippen LogP contribution < -0.4 is 5.32 Å². The quantitative estimate of drug-likeness (QED) is 0.825. The van der Waals surface area contributed by atoms with E-state index >= 15 is 0 Å². The lowest BCUT2D eigenvalue weighted by Crippen LogP contribution is -2.34. The molecule has 22 heavy (non-hydrogen) atoms. The van der Waals surface area contributed by atoms with Crippen molar-refractivity contribution in [3.8, 4) is 0 Å². The summed E-state index contributed by atoms with van der Waals surface area (Å²) in [6.07, 6.45) is 0. The SMILES string of the molecule is O=C(CN(CCO)Cc1ccccc1)Nc1ccc(F)cc1. The Hall–Kier alpha value is -2.24. The summed E-state index contributed by atoms with van der Waals surface area (Å²) in [5.74, 6) is -0.542. The molecule has 2 N–H and O–H groups in total. The predicted octanol–water partition coefficient (Wildman–Crippen LogP) is 2.26. The molecule has 0 fully saturated rings. The monoisotopic (exact) mass is 302 g/mol. The lowest BCUT2D eigenvalue weighted by molar-refractivity contribution is -0.117. The summed E-state index contributed by atoms with van der Waals surface area (Å²) in [4.78, 5) is 13.9. The highest BCUT2D eigenvalue weighted by atomic mass is 19.1. The molecule has 0 atom stereocenters. The van der Waals surface area contributed by atoms with Gasteiger partial charge in [-0.15, -0.1) is 0 Å². The van der Waals surface area contributed by atoms with Crippen LogP contribution in [0, 0.1) is 5.82 Å². The van der Waals surface area contributed by atoms with Crippen molar-refractivity contribution in [3.05, 3.63) is 66.0 Å². The Bertz CT molecular complexity index is 587. The van der Waals surface area contributed by atoms with Gasteiger partial charge in [0, 0.05) is 18.8 Å². The van der Waals surface area contributed by atoms with Crippen molar-refractivity contribution in [1.29, 1.82) is 0 Å². The number of carbonyl (C=O) groups excluding carboxylic acids is 1. The van der Waals surface area contributed by atoms with Gasteiger partial charge in [0.2, 0.25) is 5.91 Å². The van der Waals surface area contributed by atoms with Gasteiger partial charge in [-0.2, -0.15) is 0 Å². The molecule has 4 nitrogen and oxygen atoms in total. The zero-order valence-corrected chi connectivity index (χ0v) is 12.2. The summed E-state index contributed by atoms with van der Waals surface area (Å²) < 4.78 is 12.8. The van der Waals surface area contributed by atoms with Gasteiger partial charge in [0.1, 0.15) is 5.82 Å². The second-order valence-corrected chi connectivity index (χ2v) is 4.97. The number of aliphatic hydroxyl groups is 1. The Kier molecular flexibility index (Phi) is 6.06. The van der Waals surface area contributed by atoms with Crippen molar-refractivity contribution in [1.82, 2.24) is 4.90 Å². The van der Waals surface area contributed by atoms with Crippen LogP contribution in [-0.2, 0) is 11.3 Å². The fourth-order valence-corrected chi connectivity index (χ4v) is 2.13. The van der Waals surface area contributed by atoms with Crippen molar-refractivity contribution >= 4 is 11.6 Å². The maximum Gasteiger partial charge on any atom is 0.238 e. The molecule has 0 aromatic heterocycles. The van der Waals surface area contributed by atoms with Crippen LogP contribution in [0.4, 0.5) is 10.1 Å². The van der Waals surface area contributed by atoms with E-state index in [4.69, 9.17) is 5.11 Å². The molecule has 0 unspecified atom stereocenters. The maximum absolute atomic E-state index is 12.8. The molecule has 0 saturated heterocycles. The highest BCUT2D eigenvalue weighted by Gasteiger charge is 2.11. The number of hydrogen-bond donors (Lipinski definition) is 2. The Morgan fingerprint density at radius 2 is 1.77 bits per heavy atom. The summed E-state index contributed by atoms with van der Waals surface area (Å²) in [7, 11) is 0. The van der Waals surface area contributed by atoms with E-state index in [1.54, 1.807) is 0 Å². The number of hydrogen-bond acceptors (Lipinski definition) is 3. The normalized spacial score (nSPS) is 10.7. The van der Waals surface area contributed by atoms with Crippen LogP contribution in [0.3, 0.4) is 0 Å². The van der Waals surface area contributed by atoms with Crippen LogP contribution in [0.2, 0.25) is 0 Å². The molecule has 0 heterocycles. The minimum atomic E-state index is -0.344. The number of rotatable bonds is 7. The van der Waals surface area contributed by atoms with Crippen LogP contribution in [0.1, 0.15) is 5.56 Å². The minimum Gasteiger partial charge on any atom is -0.395 e. The predicted molar refractivity (Wildman–Crippen MR) is 83.8 cm³/mol. The number of anilines is 1. The van der Waals surface area contributed by atoms with E-state index in [9.17, 15) is 9.18 Å². The molecule has 2 aromatic rings. The zero-order chi connectivity index (χ0) is 15.8. The van der Waals surface area contributed by atoms with Gasteiger partial charge in [0.15, 0.2) is 0 Å². The van der Waals surface area contributed by atoms with Gasteiger partial charge in [-0.1, -0.05) is 30.3 Å². The maximum atomic E-state index is 12.8. The summed E-state index contributed by atoms with van der Waals surface area (Å²) in [6, 6.07) is 15.4. The Morgan fingerprint density at radius 3 is 2.41 bits per heavy atom. The highest BCUT2D eigenvalue weighted by molar-refractivity contribution is 5.92. The smallest absolute Gasteiger partial charge is 0.238 e. The van der Waals surface area contributed by atoms with Crippen LogP contribution in [0.5, 0.6) is 0 Å². The molecule has 0 saturated carbocycles. The number of aliphatic hydroxyl groups excluding tert-OH is 1. The molecule has 2 aromatic carbocycles. The first-order valence-electron chi connectivity index (χ1n) is 7.10. The van der Waals surface area contributed by atoms with Crippen molar-refractivity contribution in [3.63, 3.8) is 0 Å². The lowest BCUT2D eigenvalue weighted by atomic mass is 10.2. The van der Waals surface area contributed by atoms with Gasteiger partial charge in [-0.05, 0) is 29.8 Å². The average Bonchev–Trinajstić information content (AvgIpc) is 2.51. The van der Waals surface area contributed by atoms with Crippen molar-refractivity contribution in [2.75, 3.05) is 25.0 Å². The van der Waals surface area contributed by atoms with Gasteiger partial charge in [0.25, 0.3) is 0 Å². The number of nitrogens with one attached hydrogen (secondary N) is 1. The van der Waals surface area contributed by atoms with Crippen molar-refractivity contribution in [2.24, 2.45) is 0 Å². The molecule has 5 heteroatoms. The van der Waals surface area contributed by atoms with Gasteiger partial charge in [-0.25, -0.2) is 4.39 Å². The molecule has 116 valence electrons. The number of amides is 1. The van der Waals surface area contributed by atoms with E-state index in [2.05, 4.69) is 5.32 Å². The molecular formula is C17H19FN2O2. The fourth-order valence-electron chi connectivity index (χ4n) is 2.13. The average molecular weight is 302 g/mol. The number of benzene rings is 2. The van der Waals surface area contributed by atoms with E-state index < -0.39 is 0 Å². The van der Waals surface area contributed by atoms with Crippen LogP contribution in [0.15, 0.2) is 54.6 Å². The van der Waals surface area contributed by atoms with Gasteiger partial charge >= 0.3 is 0 Å². The fraction of sp³-hybridized carbons (Fsp3) is 0.235. The first-order chi connectivity index (χ1) is 10.7. The number of nitrogens with zero attached hydrogens (tertiary/aromatic N) is 1. The largest absolute Gasteiger partial charge is 0.395 e. The summed E-state index contributed by atoms with van der Waals surface area (Å²) in [6.45, 7) is 1.13. The van der Waals surface area contributed by atoms with Crippen LogP contribution in [0.25, 0.3) is 0 Å². The molecule has 0 aliphatic carbocycles. The standard InChI is InChI=1S/C17H19FN2O2/c18-15-6-8-16(9-7-15)19-17(22)13-20(10-11-21)12-14-4-2-1-3-5-14/h1-9,21H,10-13H2,(H,19,22). The first kappa shape index (κ1) is 16.1. The lowest BCUT2D eigenvalue weighted by Gasteiger charge is -2.20. The third kappa shape index (κ3) is 5.27. The van der Waals surface area contributed by atoms with E-state index in [1.165, 1.54) is 24.3 Å². The van der Waals surface area contributed by atoms with Crippen LogP contribution >= 0.6 is 0 Å². The highest BCUT2D eigenvalue weighted by Crippen LogP contribution is 2.09. The number of carbonyl (C=O) groups is 1. The van der Waals surface area contributed by atoms with Gasteiger partial charge in [0.05, 0.1) is 13.2 Å². The molecule has 0 aliphatic rings. The second kappa shape index (κ2) is 8.26. The third-order valence-electron chi connectivity index (χ3n) is 3.16. The van der Waals surface area contributed by atoms with Crippen molar-refractivity contribution in [2.45, 2.75) is 6.54 Å². The topological polar surface area (TPSA) is 52.6 Å². The summed E-state index contributed by atoms with van der Waals surface area (Å²) in [5, 5.41) is 11.8. The minimum absolute atomic E-state index is 0.0172. The van der Waals surface area contributed by atoms with Gasteiger partial charge in [-0.3, -0.25) is 9.69 Å². The summed E-state index contributed by atoms with van der Waals surface area (Å²) in [5.41, 5.74) is 1.63. The Morgan fingerprint density at radius 1 is 1.09 bits per heavy atom. The van der Waals surface area contributed by atoms with Crippen molar-refractivity contribution < 1.29 is 14.3 Å². The zero-order valence-electron chi connectivity index (χ0n) is 12.2. The van der Waals surface area contributed by atoms with E-state index in [0.717, 1.165) is 5.56 Å². The van der Waals surface area contributed by atoms with E-state index in [-0.39, 0.29) is 24.9 Å². The van der Waals surface area contributed by atoms with Gasteiger partial charge < -0.3 is 10.4 Å². The number of halogens is 1. The molecular weight excluding hydrogens is 283 g/mol.